The van der Waals surface area contributed by atoms with Crippen LogP contribution in [0.4, 0.5) is 5.69 Å². The smallest absolute Gasteiger partial charge is 0.255 e. The number of carbonyl (C=O) groups excluding carboxylic acids is 1. The number of aryl methyl sites for hydroxylation is 2. The highest BCUT2D eigenvalue weighted by atomic mass is 32.2. The standard InChI is InChI=1S/C26H28N2O4S2/c1-19-8-10-23(34(30,31)28-12-14-32-15-13-28)17-24(19)26(29)27-25-11-9-21(16-20(25)2)18-33-22-6-4-3-5-7-22/h3-11,16-17H,12-15,18H2,1-2H3,(H,27,29). The molecule has 3 aromatic carbocycles. The molecule has 0 saturated carbocycles. The monoisotopic (exact) mass is 496 g/mol. The van der Waals surface area contributed by atoms with Gasteiger partial charge in [0.1, 0.15) is 0 Å². The van der Waals surface area contributed by atoms with Gasteiger partial charge in [-0.1, -0.05) is 36.4 Å². The lowest BCUT2D eigenvalue weighted by atomic mass is 10.1. The van der Waals surface area contributed by atoms with Crippen molar-refractivity contribution < 1.29 is 17.9 Å². The van der Waals surface area contributed by atoms with Gasteiger partial charge in [0.25, 0.3) is 5.91 Å². The molecule has 0 radical (unpaired) electrons. The van der Waals surface area contributed by atoms with Crippen LogP contribution in [0.25, 0.3) is 0 Å². The fourth-order valence-corrected chi connectivity index (χ4v) is 6.07. The molecule has 0 atom stereocenters. The minimum atomic E-state index is -3.68. The Labute approximate surface area is 205 Å². The van der Waals surface area contributed by atoms with Gasteiger partial charge in [0.05, 0.1) is 18.1 Å². The van der Waals surface area contributed by atoms with Crippen molar-refractivity contribution in [1.82, 2.24) is 4.31 Å². The van der Waals surface area contributed by atoms with Crippen LogP contribution in [-0.2, 0) is 20.5 Å². The van der Waals surface area contributed by atoms with Crippen LogP contribution in [0.5, 0.6) is 0 Å². The molecule has 8 heteroatoms. The Morgan fingerprint density at radius 2 is 1.71 bits per heavy atom. The molecule has 1 aliphatic heterocycles. The minimum absolute atomic E-state index is 0.121. The molecule has 1 amide bonds. The van der Waals surface area contributed by atoms with Crippen molar-refractivity contribution in [2.45, 2.75) is 29.4 Å². The van der Waals surface area contributed by atoms with E-state index in [-0.39, 0.29) is 10.8 Å². The normalized spacial score (nSPS) is 14.6. The molecule has 1 fully saturated rings. The van der Waals surface area contributed by atoms with Crippen molar-refractivity contribution >= 4 is 33.4 Å². The van der Waals surface area contributed by atoms with E-state index in [4.69, 9.17) is 4.74 Å². The molecular weight excluding hydrogens is 468 g/mol. The third-order valence-electron chi connectivity index (χ3n) is 5.75. The Hall–Kier alpha value is -2.65. The van der Waals surface area contributed by atoms with Gasteiger partial charge in [0.15, 0.2) is 0 Å². The molecule has 0 aliphatic carbocycles. The van der Waals surface area contributed by atoms with Gasteiger partial charge in [0.2, 0.25) is 10.0 Å². The summed E-state index contributed by atoms with van der Waals surface area (Å²) in [5, 5.41) is 2.95. The fourth-order valence-electron chi connectivity index (χ4n) is 3.77. The molecule has 0 spiro atoms. The summed E-state index contributed by atoms with van der Waals surface area (Å²) >= 11 is 1.76. The Kier molecular flexibility index (Phi) is 7.73. The zero-order valence-electron chi connectivity index (χ0n) is 19.3. The van der Waals surface area contributed by atoms with Gasteiger partial charge < -0.3 is 10.1 Å². The first kappa shape index (κ1) is 24.5. The summed E-state index contributed by atoms with van der Waals surface area (Å²) in [6, 6.07) is 20.9. The molecule has 1 N–H and O–H groups in total. The number of hydrogen-bond acceptors (Lipinski definition) is 5. The van der Waals surface area contributed by atoms with Gasteiger partial charge in [-0.25, -0.2) is 8.42 Å². The summed E-state index contributed by atoms with van der Waals surface area (Å²) in [7, 11) is -3.68. The van der Waals surface area contributed by atoms with E-state index in [1.165, 1.54) is 20.8 Å². The van der Waals surface area contributed by atoms with Gasteiger partial charge in [0, 0.05) is 35.0 Å². The van der Waals surface area contributed by atoms with Crippen molar-refractivity contribution in [3.63, 3.8) is 0 Å². The number of morpholine rings is 1. The SMILES string of the molecule is Cc1cc(CSc2ccccc2)ccc1NC(=O)c1cc(S(=O)(=O)N2CCOCC2)ccc1C. The van der Waals surface area contributed by atoms with E-state index < -0.39 is 10.0 Å². The van der Waals surface area contributed by atoms with Gasteiger partial charge in [-0.05, 0) is 60.9 Å². The molecular formula is C26H28N2O4S2. The summed E-state index contributed by atoms with van der Waals surface area (Å²) in [6.07, 6.45) is 0. The number of ether oxygens (including phenoxy) is 1. The second kappa shape index (κ2) is 10.7. The Balaban J connectivity index is 1.48. The van der Waals surface area contributed by atoms with Crippen molar-refractivity contribution in [3.8, 4) is 0 Å². The van der Waals surface area contributed by atoms with Crippen LogP contribution in [0.15, 0.2) is 76.5 Å². The molecule has 1 heterocycles. The molecule has 4 rings (SSSR count). The maximum Gasteiger partial charge on any atom is 0.255 e. The first-order chi connectivity index (χ1) is 16.3. The Bertz CT molecular complexity index is 1270. The number of rotatable bonds is 7. The molecule has 0 aromatic heterocycles. The summed E-state index contributed by atoms with van der Waals surface area (Å²) in [5.41, 5.74) is 3.89. The van der Waals surface area contributed by atoms with Crippen LogP contribution < -0.4 is 5.32 Å². The molecule has 0 bridgehead atoms. The average Bonchev–Trinajstić information content (AvgIpc) is 2.85. The zero-order valence-corrected chi connectivity index (χ0v) is 20.9. The van der Waals surface area contributed by atoms with E-state index in [0.29, 0.717) is 43.1 Å². The summed E-state index contributed by atoms with van der Waals surface area (Å²) in [6.45, 7) is 5.13. The maximum absolute atomic E-state index is 13.1. The van der Waals surface area contributed by atoms with Crippen LogP contribution in [0.1, 0.15) is 27.0 Å². The molecule has 0 unspecified atom stereocenters. The van der Waals surface area contributed by atoms with E-state index in [9.17, 15) is 13.2 Å². The first-order valence-electron chi connectivity index (χ1n) is 11.1. The predicted octanol–water partition coefficient (Wildman–Crippen LogP) is 4.87. The number of amides is 1. The molecule has 1 aliphatic rings. The third-order valence-corrected chi connectivity index (χ3v) is 8.73. The summed E-state index contributed by atoms with van der Waals surface area (Å²) < 4.78 is 32.7. The predicted molar refractivity (Wildman–Crippen MR) is 136 cm³/mol. The fraction of sp³-hybridized carbons (Fsp3) is 0.269. The first-order valence-corrected chi connectivity index (χ1v) is 13.5. The number of carbonyl (C=O) groups is 1. The highest BCUT2D eigenvalue weighted by Crippen LogP contribution is 2.26. The number of anilines is 1. The Morgan fingerprint density at radius 3 is 2.41 bits per heavy atom. The van der Waals surface area contributed by atoms with Crippen molar-refractivity contribution in [3.05, 3.63) is 89.0 Å². The van der Waals surface area contributed by atoms with E-state index in [1.807, 2.05) is 37.3 Å². The third kappa shape index (κ3) is 5.70. The van der Waals surface area contributed by atoms with Crippen LogP contribution in [-0.4, -0.2) is 44.9 Å². The van der Waals surface area contributed by atoms with Gasteiger partial charge >= 0.3 is 0 Å². The molecule has 3 aromatic rings. The highest BCUT2D eigenvalue weighted by Gasteiger charge is 2.27. The van der Waals surface area contributed by atoms with E-state index in [2.05, 4.69) is 23.5 Å². The molecule has 34 heavy (non-hydrogen) atoms. The Morgan fingerprint density at radius 1 is 0.971 bits per heavy atom. The second-order valence-electron chi connectivity index (χ2n) is 8.20. The van der Waals surface area contributed by atoms with E-state index >= 15 is 0 Å². The number of thioether (sulfide) groups is 1. The van der Waals surface area contributed by atoms with E-state index in [1.54, 1.807) is 30.8 Å². The van der Waals surface area contributed by atoms with Crippen molar-refractivity contribution in [1.29, 1.82) is 0 Å². The van der Waals surface area contributed by atoms with Crippen LogP contribution in [0.3, 0.4) is 0 Å². The van der Waals surface area contributed by atoms with Crippen molar-refractivity contribution in [2.24, 2.45) is 0 Å². The second-order valence-corrected chi connectivity index (χ2v) is 11.2. The number of sulfonamides is 1. The highest BCUT2D eigenvalue weighted by molar-refractivity contribution is 7.98. The average molecular weight is 497 g/mol. The summed E-state index contributed by atoms with van der Waals surface area (Å²) in [5.74, 6) is 0.505. The summed E-state index contributed by atoms with van der Waals surface area (Å²) in [4.78, 5) is 14.4. The number of hydrogen-bond donors (Lipinski definition) is 1. The number of nitrogens with one attached hydrogen (secondary N) is 1. The maximum atomic E-state index is 13.1. The largest absolute Gasteiger partial charge is 0.379 e. The lowest BCUT2D eigenvalue weighted by molar-refractivity contribution is 0.0730. The van der Waals surface area contributed by atoms with Gasteiger partial charge in [-0.2, -0.15) is 4.31 Å². The number of nitrogens with zero attached hydrogens (tertiary/aromatic N) is 1. The van der Waals surface area contributed by atoms with Gasteiger partial charge in [-0.3, -0.25) is 4.79 Å². The van der Waals surface area contributed by atoms with Crippen LogP contribution in [0.2, 0.25) is 0 Å². The molecule has 1 saturated heterocycles. The van der Waals surface area contributed by atoms with Crippen LogP contribution >= 0.6 is 11.8 Å². The lowest BCUT2D eigenvalue weighted by Crippen LogP contribution is -2.40. The molecule has 6 nitrogen and oxygen atoms in total. The number of benzene rings is 3. The topological polar surface area (TPSA) is 75.7 Å². The lowest BCUT2D eigenvalue weighted by Gasteiger charge is -2.26. The molecule has 178 valence electrons. The quantitative estimate of drug-likeness (QED) is 0.473. The van der Waals surface area contributed by atoms with Gasteiger partial charge in [-0.15, -0.1) is 11.8 Å². The van der Waals surface area contributed by atoms with E-state index in [0.717, 1.165) is 11.3 Å². The minimum Gasteiger partial charge on any atom is -0.379 e. The zero-order chi connectivity index (χ0) is 24.1. The van der Waals surface area contributed by atoms with Crippen LogP contribution in [0, 0.1) is 13.8 Å². The van der Waals surface area contributed by atoms with Crippen molar-refractivity contribution in [2.75, 3.05) is 31.6 Å².